The lowest BCUT2D eigenvalue weighted by molar-refractivity contribution is -0.384. The molecule has 0 aliphatic carbocycles. The Kier molecular flexibility index (Phi) is 4.15. The van der Waals surface area contributed by atoms with E-state index in [-0.39, 0.29) is 11.3 Å². The van der Waals surface area contributed by atoms with Crippen molar-refractivity contribution in [1.29, 1.82) is 0 Å². The zero-order valence-electron chi connectivity index (χ0n) is 12.8. The number of nitrogens with one attached hydrogen (secondary N) is 1. The summed E-state index contributed by atoms with van der Waals surface area (Å²) in [6.45, 7) is 2.31. The Morgan fingerprint density at radius 2 is 2.08 bits per heavy atom. The van der Waals surface area contributed by atoms with E-state index in [1.165, 1.54) is 24.5 Å². The number of nitrogens with zero attached hydrogens (tertiary/aromatic N) is 1. The molecule has 122 valence electrons. The number of benzene rings is 2. The second-order valence-corrected chi connectivity index (χ2v) is 4.97. The van der Waals surface area contributed by atoms with Crippen molar-refractivity contribution < 1.29 is 18.9 Å². The molecule has 0 fully saturated rings. The molecule has 0 spiro atoms. The van der Waals surface area contributed by atoms with Crippen molar-refractivity contribution in [2.24, 2.45) is 0 Å². The first-order chi connectivity index (χ1) is 11.6. The van der Waals surface area contributed by atoms with Gasteiger partial charge in [0.1, 0.15) is 17.6 Å². The maximum absolute atomic E-state index is 12.5. The molecule has 0 saturated carbocycles. The highest BCUT2D eigenvalue weighted by molar-refractivity contribution is 6.12. The summed E-state index contributed by atoms with van der Waals surface area (Å²) in [6, 6.07) is 11.2. The lowest BCUT2D eigenvalue weighted by Crippen LogP contribution is -2.12. The molecule has 1 aromatic heterocycles. The molecule has 0 unspecified atom stereocenters. The fraction of sp³-hybridized carbons (Fsp3) is 0.118. The van der Waals surface area contributed by atoms with Crippen LogP contribution in [0.3, 0.4) is 0 Å². The summed E-state index contributed by atoms with van der Waals surface area (Å²) in [6.07, 6.45) is 1.28. The molecule has 0 radical (unpaired) electrons. The first-order valence-corrected chi connectivity index (χ1v) is 7.29. The van der Waals surface area contributed by atoms with Gasteiger partial charge in [-0.1, -0.05) is 12.1 Å². The first kappa shape index (κ1) is 15.5. The molecule has 0 aliphatic rings. The van der Waals surface area contributed by atoms with Gasteiger partial charge < -0.3 is 14.5 Å². The fourth-order valence-electron chi connectivity index (χ4n) is 2.35. The minimum atomic E-state index is -0.515. The van der Waals surface area contributed by atoms with Gasteiger partial charge in [-0.25, -0.2) is 0 Å². The van der Waals surface area contributed by atoms with Crippen LogP contribution >= 0.6 is 0 Å². The summed E-state index contributed by atoms with van der Waals surface area (Å²) in [5, 5.41) is 14.0. The molecule has 1 heterocycles. The van der Waals surface area contributed by atoms with Crippen LogP contribution in [0.4, 0.5) is 11.4 Å². The van der Waals surface area contributed by atoms with Crippen molar-refractivity contribution in [2.45, 2.75) is 6.92 Å². The number of nitro benzene ring substituents is 1. The molecule has 3 rings (SSSR count). The van der Waals surface area contributed by atoms with Crippen LogP contribution in [0.25, 0.3) is 11.0 Å². The Balaban J connectivity index is 1.94. The molecule has 0 aliphatic heterocycles. The van der Waals surface area contributed by atoms with E-state index < -0.39 is 10.8 Å². The van der Waals surface area contributed by atoms with Crippen LogP contribution in [0.2, 0.25) is 0 Å². The normalized spacial score (nSPS) is 10.5. The fourth-order valence-corrected chi connectivity index (χ4v) is 2.35. The summed E-state index contributed by atoms with van der Waals surface area (Å²) < 4.78 is 10.8. The van der Waals surface area contributed by atoms with Crippen LogP contribution < -0.4 is 10.1 Å². The molecule has 0 atom stereocenters. The van der Waals surface area contributed by atoms with Crippen LogP contribution in [0.1, 0.15) is 17.3 Å². The zero-order chi connectivity index (χ0) is 17.1. The minimum Gasteiger partial charge on any atom is -0.492 e. The molecule has 2 aromatic carbocycles. The summed E-state index contributed by atoms with van der Waals surface area (Å²) in [7, 11) is 0. The topological polar surface area (TPSA) is 94.6 Å². The van der Waals surface area contributed by atoms with Gasteiger partial charge in [0, 0.05) is 17.5 Å². The number of fused-ring (bicyclic) bond motifs is 1. The molecule has 1 amide bonds. The van der Waals surface area contributed by atoms with Crippen LogP contribution in [0.15, 0.2) is 53.1 Å². The largest absolute Gasteiger partial charge is 0.492 e. The quantitative estimate of drug-likeness (QED) is 0.565. The Morgan fingerprint density at radius 1 is 1.29 bits per heavy atom. The second kappa shape index (κ2) is 6.41. The summed E-state index contributed by atoms with van der Waals surface area (Å²) in [4.78, 5) is 22.9. The SMILES string of the molecule is CCOc1ccccc1NC(=O)c1coc2ccc([N+](=O)[O-])cc12. The average molecular weight is 326 g/mol. The second-order valence-electron chi connectivity index (χ2n) is 4.97. The minimum absolute atomic E-state index is 0.104. The van der Waals surface area contributed by atoms with Crippen molar-refractivity contribution in [3.8, 4) is 5.75 Å². The highest BCUT2D eigenvalue weighted by Gasteiger charge is 2.18. The molecule has 1 N–H and O–H groups in total. The number of anilines is 1. The van der Waals surface area contributed by atoms with Crippen LogP contribution in [0.5, 0.6) is 5.75 Å². The number of hydrogen-bond acceptors (Lipinski definition) is 5. The standard InChI is InChI=1S/C17H14N2O5/c1-2-23-16-6-4-3-5-14(16)18-17(20)13-10-24-15-8-7-11(19(21)22)9-12(13)15/h3-10H,2H2,1H3,(H,18,20). The van der Waals surface area contributed by atoms with Crippen molar-refractivity contribution in [1.82, 2.24) is 0 Å². The molecule has 7 nitrogen and oxygen atoms in total. The Labute approximate surface area is 137 Å². The third-order valence-electron chi connectivity index (χ3n) is 3.45. The highest BCUT2D eigenvalue weighted by atomic mass is 16.6. The number of rotatable bonds is 5. The van der Waals surface area contributed by atoms with E-state index in [0.717, 1.165) is 0 Å². The number of nitro groups is 1. The number of carbonyl (C=O) groups is 1. The van der Waals surface area contributed by atoms with E-state index in [1.54, 1.807) is 24.3 Å². The Bertz CT molecular complexity index is 916. The van der Waals surface area contributed by atoms with E-state index in [1.807, 2.05) is 6.92 Å². The number of amides is 1. The molecule has 7 heteroatoms. The van der Waals surface area contributed by atoms with E-state index in [4.69, 9.17) is 9.15 Å². The van der Waals surface area contributed by atoms with Crippen molar-refractivity contribution >= 4 is 28.3 Å². The van der Waals surface area contributed by atoms with Crippen LogP contribution in [-0.4, -0.2) is 17.4 Å². The van der Waals surface area contributed by atoms with Crippen LogP contribution in [0, 0.1) is 10.1 Å². The third-order valence-corrected chi connectivity index (χ3v) is 3.45. The van der Waals surface area contributed by atoms with Crippen molar-refractivity contribution in [3.05, 3.63) is 64.4 Å². The van der Waals surface area contributed by atoms with E-state index in [2.05, 4.69) is 5.32 Å². The molecular weight excluding hydrogens is 312 g/mol. The van der Waals surface area contributed by atoms with Gasteiger partial charge in [-0.3, -0.25) is 14.9 Å². The summed E-state index contributed by atoms with van der Waals surface area (Å²) >= 11 is 0. The number of non-ortho nitro benzene ring substituents is 1. The number of carbonyl (C=O) groups excluding carboxylic acids is 1. The van der Waals surface area contributed by atoms with Gasteiger partial charge in [-0.05, 0) is 25.1 Å². The van der Waals surface area contributed by atoms with Gasteiger partial charge in [-0.15, -0.1) is 0 Å². The third kappa shape index (κ3) is 2.91. The molecule has 3 aromatic rings. The number of para-hydroxylation sites is 2. The van der Waals surface area contributed by atoms with E-state index in [9.17, 15) is 14.9 Å². The lowest BCUT2D eigenvalue weighted by Gasteiger charge is -2.10. The predicted octanol–water partition coefficient (Wildman–Crippen LogP) is 3.99. The van der Waals surface area contributed by atoms with Gasteiger partial charge in [0.05, 0.1) is 22.8 Å². The van der Waals surface area contributed by atoms with E-state index in [0.29, 0.717) is 29.0 Å². The van der Waals surface area contributed by atoms with Gasteiger partial charge in [0.15, 0.2) is 0 Å². The van der Waals surface area contributed by atoms with Gasteiger partial charge in [-0.2, -0.15) is 0 Å². The molecule has 0 bridgehead atoms. The monoisotopic (exact) mass is 326 g/mol. The Hall–Kier alpha value is -3.35. The number of furan rings is 1. The summed E-state index contributed by atoms with van der Waals surface area (Å²) in [5.74, 6) is 0.119. The number of ether oxygens (including phenoxy) is 1. The molecular formula is C17H14N2O5. The van der Waals surface area contributed by atoms with Gasteiger partial charge in [0.25, 0.3) is 11.6 Å². The zero-order valence-corrected chi connectivity index (χ0v) is 12.8. The number of hydrogen-bond donors (Lipinski definition) is 1. The van der Waals surface area contributed by atoms with Crippen LogP contribution in [-0.2, 0) is 0 Å². The molecule has 0 saturated heterocycles. The van der Waals surface area contributed by atoms with Gasteiger partial charge >= 0.3 is 0 Å². The molecule has 24 heavy (non-hydrogen) atoms. The maximum Gasteiger partial charge on any atom is 0.270 e. The smallest absolute Gasteiger partial charge is 0.270 e. The highest BCUT2D eigenvalue weighted by Crippen LogP contribution is 2.28. The average Bonchev–Trinajstić information content (AvgIpc) is 3.00. The first-order valence-electron chi connectivity index (χ1n) is 7.29. The van der Waals surface area contributed by atoms with Crippen molar-refractivity contribution in [3.63, 3.8) is 0 Å². The van der Waals surface area contributed by atoms with Gasteiger partial charge in [0.2, 0.25) is 0 Å². The summed E-state index contributed by atoms with van der Waals surface area (Å²) in [5.41, 5.74) is 1.04. The predicted molar refractivity (Wildman–Crippen MR) is 88.4 cm³/mol. The van der Waals surface area contributed by atoms with E-state index >= 15 is 0 Å². The lowest BCUT2D eigenvalue weighted by atomic mass is 10.1. The van der Waals surface area contributed by atoms with Crippen molar-refractivity contribution in [2.75, 3.05) is 11.9 Å². The maximum atomic E-state index is 12.5. The Morgan fingerprint density at radius 3 is 2.83 bits per heavy atom.